The van der Waals surface area contributed by atoms with Crippen molar-refractivity contribution in [3.8, 4) is 0 Å². The lowest BCUT2D eigenvalue weighted by atomic mass is 10.2. The summed E-state index contributed by atoms with van der Waals surface area (Å²) in [6.07, 6.45) is 3.12. The van der Waals surface area contributed by atoms with Gasteiger partial charge in [-0.15, -0.1) is 24.8 Å². The third-order valence-electron chi connectivity index (χ3n) is 3.04. The molecule has 118 valence electrons. The first-order valence-corrected chi connectivity index (χ1v) is 6.52. The van der Waals surface area contributed by atoms with Crippen molar-refractivity contribution in [2.75, 3.05) is 0 Å². The van der Waals surface area contributed by atoms with Gasteiger partial charge in [-0.05, 0) is 32.4 Å². The van der Waals surface area contributed by atoms with E-state index < -0.39 is 0 Å². The van der Waals surface area contributed by atoms with Crippen molar-refractivity contribution in [1.29, 1.82) is 0 Å². The molecule has 0 fully saturated rings. The lowest BCUT2D eigenvalue weighted by molar-refractivity contribution is -0.121. The maximum atomic E-state index is 11.6. The number of aryl methyl sites for hydroxylation is 1. The molecule has 2 aromatic rings. The Morgan fingerprint density at radius 3 is 2.76 bits per heavy atom. The molecule has 0 aromatic carbocycles. The second-order valence-corrected chi connectivity index (χ2v) is 4.92. The number of hydrogen-bond donors (Lipinski definition) is 2. The second kappa shape index (κ2) is 8.87. The van der Waals surface area contributed by atoms with Crippen molar-refractivity contribution < 1.29 is 4.79 Å². The molecule has 5 nitrogen and oxygen atoms in total. The minimum absolute atomic E-state index is 0. The average Bonchev–Trinajstić information content (AvgIpc) is 2.78. The zero-order chi connectivity index (χ0) is 13.8. The Morgan fingerprint density at radius 1 is 1.43 bits per heavy atom. The van der Waals surface area contributed by atoms with E-state index in [4.69, 9.17) is 5.73 Å². The van der Waals surface area contributed by atoms with Gasteiger partial charge in [-0.3, -0.25) is 4.79 Å². The van der Waals surface area contributed by atoms with Crippen LogP contribution in [0.15, 0.2) is 24.4 Å². The second-order valence-electron chi connectivity index (χ2n) is 4.92. The monoisotopic (exact) mass is 332 g/mol. The predicted octanol–water partition coefficient (Wildman–Crippen LogP) is 2.23. The Kier molecular flexibility index (Phi) is 8.32. The summed E-state index contributed by atoms with van der Waals surface area (Å²) in [7, 11) is 0. The number of carbonyl (C=O) groups is 1. The fourth-order valence-corrected chi connectivity index (χ4v) is 1.92. The number of carbonyl (C=O) groups excluding carboxylic acids is 1. The van der Waals surface area contributed by atoms with Crippen LogP contribution in [0, 0.1) is 6.92 Å². The molecule has 0 spiro atoms. The summed E-state index contributed by atoms with van der Waals surface area (Å²) in [5.41, 5.74) is 8.51. The summed E-state index contributed by atoms with van der Waals surface area (Å²) in [4.78, 5) is 16.1. The van der Waals surface area contributed by atoms with Gasteiger partial charge in [-0.1, -0.05) is 6.07 Å². The molecule has 1 unspecified atom stereocenters. The highest BCUT2D eigenvalue weighted by molar-refractivity contribution is 5.85. The highest BCUT2D eigenvalue weighted by Crippen LogP contribution is 2.08. The van der Waals surface area contributed by atoms with Crippen LogP contribution in [0.2, 0.25) is 0 Å². The Labute approximate surface area is 137 Å². The maximum Gasteiger partial charge on any atom is 0.220 e. The number of halogens is 2. The van der Waals surface area contributed by atoms with Crippen molar-refractivity contribution in [2.45, 2.75) is 39.3 Å². The third-order valence-corrected chi connectivity index (χ3v) is 3.04. The number of rotatable bonds is 5. The van der Waals surface area contributed by atoms with Gasteiger partial charge in [0, 0.05) is 24.4 Å². The molecule has 2 aromatic heterocycles. The van der Waals surface area contributed by atoms with E-state index in [1.54, 1.807) is 0 Å². The summed E-state index contributed by atoms with van der Waals surface area (Å²) >= 11 is 0. The van der Waals surface area contributed by atoms with Gasteiger partial charge in [0.05, 0.1) is 12.2 Å². The average molecular weight is 333 g/mol. The smallest absolute Gasteiger partial charge is 0.220 e. The van der Waals surface area contributed by atoms with Crippen LogP contribution in [-0.2, 0) is 11.3 Å². The lowest BCUT2D eigenvalue weighted by Crippen LogP contribution is -2.25. The van der Waals surface area contributed by atoms with Gasteiger partial charge < -0.3 is 15.5 Å². The molecule has 0 saturated heterocycles. The Hall–Kier alpha value is -1.30. The van der Waals surface area contributed by atoms with Crippen molar-refractivity contribution in [3.63, 3.8) is 0 Å². The van der Waals surface area contributed by atoms with Crippen LogP contribution in [0.1, 0.15) is 31.2 Å². The highest BCUT2D eigenvalue weighted by Gasteiger charge is 2.06. The van der Waals surface area contributed by atoms with Crippen LogP contribution in [0.4, 0.5) is 0 Å². The molecule has 2 rings (SSSR count). The molecule has 2 heterocycles. The number of amides is 1. The number of pyridine rings is 1. The van der Waals surface area contributed by atoms with E-state index >= 15 is 0 Å². The minimum Gasteiger partial charge on any atom is -0.350 e. The fourth-order valence-electron chi connectivity index (χ4n) is 1.92. The van der Waals surface area contributed by atoms with E-state index in [-0.39, 0.29) is 36.8 Å². The number of aromatic nitrogens is 2. The zero-order valence-electron chi connectivity index (χ0n) is 12.2. The number of nitrogens with two attached hydrogens (primary N) is 1. The number of nitrogens with one attached hydrogen (secondary N) is 1. The molecule has 0 bridgehead atoms. The number of hydrogen-bond acceptors (Lipinski definition) is 3. The first kappa shape index (κ1) is 19.7. The van der Waals surface area contributed by atoms with Crippen molar-refractivity contribution in [2.24, 2.45) is 5.73 Å². The standard InChI is InChI=1S/C14H20N4O.2ClH/c1-10(15)6-7-14(19)16-8-12-9-18-11(2)4-3-5-13(18)17-12;;/h3-5,9-10H,6-8,15H2,1-2H3,(H,16,19);2*1H. The highest BCUT2D eigenvalue weighted by atomic mass is 35.5. The van der Waals surface area contributed by atoms with E-state index in [9.17, 15) is 4.79 Å². The Morgan fingerprint density at radius 2 is 2.14 bits per heavy atom. The molecule has 7 heteroatoms. The topological polar surface area (TPSA) is 72.4 Å². The van der Waals surface area contributed by atoms with E-state index in [2.05, 4.69) is 10.3 Å². The predicted molar refractivity (Wildman–Crippen MR) is 89.2 cm³/mol. The van der Waals surface area contributed by atoms with Gasteiger partial charge in [0.15, 0.2) is 0 Å². The molecular formula is C14H22Cl2N4O. The number of nitrogens with zero attached hydrogens (tertiary/aromatic N) is 2. The molecule has 0 aliphatic carbocycles. The molecule has 0 radical (unpaired) electrons. The molecule has 3 N–H and O–H groups in total. The lowest BCUT2D eigenvalue weighted by Gasteiger charge is -2.05. The quantitative estimate of drug-likeness (QED) is 0.881. The van der Waals surface area contributed by atoms with Crippen molar-refractivity contribution in [3.05, 3.63) is 35.8 Å². The van der Waals surface area contributed by atoms with E-state index in [0.29, 0.717) is 19.4 Å². The van der Waals surface area contributed by atoms with Crippen LogP contribution in [-0.4, -0.2) is 21.3 Å². The minimum atomic E-state index is 0. The van der Waals surface area contributed by atoms with Crippen LogP contribution in [0.5, 0.6) is 0 Å². The summed E-state index contributed by atoms with van der Waals surface area (Å²) in [5.74, 6) is 0.0195. The Bertz CT molecular complexity index is 583. The SMILES string of the molecule is Cc1cccc2nc(CNC(=O)CCC(C)N)cn12.Cl.Cl. The van der Waals surface area contributed by atoms with Crippen molar-refractivity contribution in [1.82, 2.24) is 14.7 Å². The molecule has 0 aliphatic heterocycles. The van der Waals surface area contributed by atoms with Crippen LogP contribution in [0.25, 0.3) is 5.65 Å². The molecule has 1 atom stereocenters. The molecule has 1 amide bonds. The molecule has 0 saturated carbocycles. The van der Waals surface area contributed by atoms with Gasteiger partial charge in [-0.2, -0.15) is 0 Å². The normalized spacial score (nSPS) is 11.4. The number of fused-ring (bicyclic) bond motifs is 1. The molecular weight excluding hydrogens is 311 g/mol. The molecule has 21 heavy (non-hydrogen) atoms. The first-order chi connectivity index (χ1) is 9.06. The summed E-state index contributed by atoms with van der Waals surface area (Å²) in [6.45, 7) is 4.39. The van der Waals surface area contributed by atoms with Crippen molar-refractivity contribution >= 4 is 36.4 Å². The van der Waals surface area contributed by atoms with E-state index in [0.717, 1.165) is 17.0 Å². The number of imidazole rings is 1. The molecule has 0 aliphatic rings. The summed E-state index contributed by atoms with van der Waals surface area (Å²) in [5, 5.41) is 2.86. The van der Waals surface area contributed by atoms with Crippen LogP contribution >= 0.6 is 24.8 Å². The summed E-state index contributed by atoms with van der Waals surface area (Å²) in [6, 6.07) is 6.01. The van der Waals surface area contributed by atoms with Gasteiger partial charge in [0.2, 0.25) is 5.91 Å². The van der Waals surface area contributed by atoms with E-state index in [1.165, 1.54) is 0 Å². The fraction of sp³-hybridized carbons (Fsp3) is 0.429. The van der Waals surface area contributed by atoms with Crippen LogP contribution in [0.3, 0.4) is 0 Å². The van der Waals surface area contributed by atoms with Gasteiger partial charge >= 0.3 is 0 Å². The maximum absolute atomic E-state index is 11.6. The summed E-state index contributed by atoms with van der Waals surface area (Å²) < 4.78 is 2.02. The third kappa shape index (κ3) is 5.53. The zero-order valence-corrected chi connectivity index (χ0v) is 13.8. The van der Waals surface area contributed by atoms with Gasteiger partial charge in [-0.25, -0.2) is 4.98 Å². The van der Waals surface area contributed by atoms with Gasteiger partial charge in [0.1, 0.15) is 5.65 Å². The van der Waals surface area contributed by atoms with Crippen LogP contribution < -0.4 is 11.1 Å². The first-order valence-electron chi connectivity index (χ1n) is 6.52. The largest absolute Gasteiger partial charge is 0.350 e. The van der Waals surface area contributed by atoms with E-state index in [1.807, 2.05) is 42.6 Å². The Balaban J connectivity index is 0.00000200. The van der Waals surface area contributed by atoms with Gasteiger partial charge in [0.25, 0.3) is 0 Å².